The molecule has 1 aromatic rings. The highest BCUT2D eigenvalue weighted by molar-refractivity contribution is 5.95. The van der Waals surface area contributed by atoms with Crippen LogP contribution in [0.15, 0.2) is 16.7 Å². The van der Waals surface area contributed by atoms with Crippen LogP contribution >= 0.6 is 0 Å². The summed E-state index contributed by atoms with van der Waals surface area (Å²) in [7, 11) is 0. The maximum atomic E-state index is 11.6. The molecule has 0 aromatic carbocycles. The normalized spacial score (nSPS) is 19.2. The molecule has 92 valence electrons. The Kier molecular flexibility index (Phi) is 3.43. The van der Waals surface area contributed by atoms with Crippen molar-refractivity contribution in [3.8, 4) is 0 Å². The van der Waals surface area contributed by atoms with Gasteiger partial charge in [0, 0.05) is 25.1 Å². The van der Waals surface area contributed by atoms with E-state index >= 15 is 0 Å². The van der Waals surface area contributed by atoms with Gasteiger partial charge in [0.15, 0.2) is 5.76 Å². The van der Waals surface area contributed by atoms with Crippen LogP contribution in [0.1, 0.15) is 27.3 Å². The Morgan fingerprint density at radius 2 is 2.35 bits per heavy atom. The van der Waals surface area contributed by atoms with Crippen molar-refractivity contribution in [1.29, 1.82) is 0 Å². The molecule has 1 aliphatic rings. The summed E-state index contributed by atoms with van der Waals surface area (Å²) in [6.07, 6.45) is 1.98. The topological polar surface area (TPSA) is 88.8 Å². The molecule has 1 amide bonds. The molecule has 1 aliphatic heterocycles. The van der Waals surface area contributed by atoms with E-state index in [2.05, 4.69) is 5.32 Å². The van der Waals surface area contributed by atoms with Gasteiger partial charge in [-0.15, -0.1) is 0 Å². The summed E-state index contributed by atoms with van der Waals surface area (Å²) in [5, 5.41) is 11.4. The van der Waals surface area contributed by atoms with Crippen molar-refractivity contribution >= 4 is 11.9 Å². The van der Waals surface area contributed by atoms with Gasteiger partial charge in [0.25, 0.3) is 5.91 Å². The molecular weight excluding hydrogens is 226 g/mol. The lowest BCUT2D eigenvalue weighted by atomic mass is 10.1. The van der Waals surface area contributed by atoms with E-state index in [0.29, 0.717) is 19.1 Å². The van der Waals surface area contributed by atoms with Crippen LogP contribution in [0.5, 0.6) is 0 Å². The smallest absolute Gasteiger partial charge is 0.338 e. The number of ether oxygens (including phenoxy) is 1. The van der Waals surface area contributed by atoms with Crippen molar-refractivity contribution in [2.75, 3.05) is 19.8 Å². The van der Waals surface area contributed by atoms with Crippen molar-refractivity contribution in [3.05, 3.63) is 23.7 Å². The summed E-state index contributed by atoms with van der Waals surface area (Å²) in [5.74, 6) is -1.17. The molecular formula is C11H13NO5. The predicted octanol–water partition coefficient (Wildman–Crippen LogP) is 0.744. The van der Waals surface area contributed by atoms with E-state index in [1.807, 2.05) is 0 Å². The van der Waals surface area contributed by atoms with Crippen molar-refractivity contribution in [2.24, 2.45) is 5.92 Å². The number of hydrogen-bond acceptors (Lipinski definition) is 4. The minimum atomic E-state index is -1.11. The van der Waals surface area contributed by atoms with Gasteiger partial charge in [0.05, 0.1) is 12.2 Å². The van der Waals surface area contributed by atoms with Gasteiger partial charge in [0.2, 0.25) is 0 Å². The molecule has 1 unspecified atom stereocenters. The van der Waals surface area contributed by atoms with Crippen molar-refractivity contribution in [1.82, 2.24) is 5.32 Å². The SMILES string of the molecule is O=C(O)c1coc(C(=O)NCC2CCOC2)c1. The number of carboxylic acid groups (broad SMARTS) is 1. The first-order valence-electron chi connectivity index (χ1n) is 5.34. The Balaban J connectivity index is 1.87. The lowest BCUT2D eigenvalue weighted by Gasteiger charge is -2.07. The third-order valence-corrected chi connectivity index (χ3v) is 2.65. The van der Waals surface area contributed by atoms with E-state index in [1.54, 1.807) is 0 Å². The zero-order valence-electron chi connectivity index (χ0n) is 9.14. The van der Waals surface area contributed by atoms with Crippen LogP contribution in [-0.2, 0) is 4.74 Å². The molecule has 0 aliphatic carbocycles. The summed E-state index contributed by atoms with van der Waals surface area (Å²) in [5.41, 5.74) is -0.0284. The number of aromatic carboxylic acids is 1. The minimum absolute atomic E-state index is 0.0151. The molecule has 1 aromatic heterocycles. The number of carbonyl (C=O) groups excluding carboxylic acids is 1. The van der Waals surface area contributed by atoms with E-state index in [-0.39, 0.29) is 11.3 Å². The molecule has 2 N–H and O–H groups in total. The first-order chi connectivity index (χ1) is 8.16. The van der Waals surface area contributed by atoms with Crippen LogP contribution in [0.4, 0.5) is 0 Å². The maximum absolute atomic E-state index is 11.6. The van der Waals surface area contributed by atoms with Crippen molar-refractivity contribution in [3.63, 3.8) is 0 Å². The van der Waals surface area contributed by atoms with Gasteiger partial charge in [-0.3, -0.25) is 4.79 Å². The number of furan rings is 1. The van der Waals surface area contributed by atoms with Crippen molar-refractivity contribution < 1.29 is 23.8 Å². The standard InChI is InChI=1S/C11H13NO5/c13-10(12-4-7-1-2-16-5-7)9-3-8(6-17-9)11(14)15/h3,6-7H,1-2,4-5H2,(H,12,13)(H,14,15). The highest BCUT2D eigenvalue weighted by atomic mass is 16.5. The van der Waals surface area contributed by atoms with Gasteiger partial charge in [-0.2, -0.15) is 0 Å². The molecule has 1 atom stereocenters. The average Bonchev–Trinajstić information content (AvgIpc) is 2.96. The molecule has 0 saturated carbocycles. The highest BCUT2D eigenvalue weighted by Crippen LogP contribution is 2.12. The zero-order chi connectivity index (χ0) is 12.3. The molecule has 6 heteroatoms. The molecule has 1 fully saturated rings. The van der Waals surface area contributed by atoms with E-state index in [0.717, 1.165) is 19.3 Å². The average molecular weight is 239 g/mol. The Labute approximate surface area is 97.6 Å². The van der Waals surface area contributed by atoms with Gasteiger partial charge in [-0.1, -0.05) is 0 Å². The van der Waals surface area contributed by atoms with E-state index in [4.69, 9.17) is 14.3 Å². The number of hydrogen-bond donors (Lipinski definition) is 2. The molecule has 6 nitrogen and oxygen atoms in total. The van der Waals surface area contributed by atoms with Gasteiger partial charge < -0.3 is 19.6 Å². The fourth-order valence-corrected chi connectivity index (χ4v) is 1.64. The van der Waals surface area contributed by atoms with Gasteiger partial charge >= 0.3 is 5.97 Å². The van der Waals surface area contributed by atoms with Crippen LogP contribution in [0.25, 0.3) is 0 Å². The second kappa shape index (κ2) is 5.01. The molecule has 0 radical (unpaired) electrons. The molecule has 17 heavy (non-hydrogen) atoms. The van der Waals surface area contributed by atoms with Crippen LogP contribution in [0.3, 0.4) is 0 Å². The summed E-state index contributed by atoms with van der Waals surface area (Å²) < 4.78 is 10.1. The number of nitrogens with one attached hydrogen (secondary N) is 1. The van der Waals surface area contributed by atoms with Gasteiger partial charge in [0.1, 0.15) is 6.26 Å². The van der Waals surface area contributed by atoms with E-state index in [9.17, 15) is 9.59 Å². The fraction of sp³-hybridized carbons (Fsp3) is 0.455. The zero-order valence-corrected chi connectivity index (χ0v) is 9.14. The lowest BCUT2D eigenvalue weighted by Crippen LogP contribution is -2.29. The molecule has 2 rings (SSSR count). The number of rotatable bonds is 4. The first kappa shape index (κ1) is 11.7. The fourth-order valence-electron chi connectivity index (χ4n) is 1.64. The first-order valence-corrected chi connectivity index (χ1v) is 5.34. The summed E-state index contributed by atoms with van der Waals surface area (Å²) in [6.45, 7) is 1.89. The number of amides is 1. The van der Waals surface area contributed by atoms with Crippen LogP contribution in [-0.4, -0.2) is 36.7 Å². The van der Waals surface area contributed by atoms with Crippen LogP contribution in [0.2, 0.25) is 0 Å². The molecule has 0 bridgehead atoms. The number of carbonyl (C=O) groups is 2. The third kappa shape index (κ3) is 2.85. The van der Waals surface area contributed by atoms with Gasteiger partial charge in [-0.25, -0.2) is 4.79 Å². The minimum Gasteiger partial charge on any atom is -0.478 e. The maximum Gasteiger partial charge on any atom is 0.338 e. The van der Waals surface area contributed by atoms with E-state index < -0.39 is 11.9 Å². The monoisotopic (exact) mass is 239 g/mol. The molecule has 1 saturated heterocycles. The lowest BCUT2D eigenvalue weighted by molar-refractivity contribution is 0.0695. The second-order valence-electron chi connectivity index (χ2n) is 3.94. The van der Waals surface area contributed by atoms with Crippen LogP contribution < -0.4 is 5.32 Å². The van der Waals surface area contributed by atoms with Crippen molar-refractivity contribution in [2.45, 2.75) is 6.42 Å². The van der Waals surface area contributed by atoms with Crippen LogP contribution in [0, 0.1) is 5.92 Å². The number of carboxylic acids is 1. The Morgan fingerprint density at radius 3 is 2.94 bits per heavy atom. The summed E-state index contributed by atoms with van der Waals surface area (Å²) >= 11 is 0. The van der Waals surface area contributed by atoms with Gasteiger partial charge in [-0.05, 0) is 6.42 Å². The highest BCUT2D eigenvalue weighted by Gasteiger charge is 2.19. The largest absolute Gasteiger partial charge is 0.478 e. The van der Waals surface area contributed by atoms with E-state index in [1.165, 1.54) is 6.07 Å². The third-order valence-electron chi connectivity index (χ3n) is 2.65. The second-order valence-corrected chi connectivity index (χ2v) is 3.94. The summed E-state index contributed by atoms with van der Waals surface area (Å²) in [6, 6.07) is 1.21. The Hall–Kier alpha value is -1.82. The summed E-state index contributed by atoms with van der Waals surface area (Å²) in [4.78, 5) is 22.2. The molecule has 2 heterocycles. The quantitative estimate of drug-likeness (QED) is 0.809. The Morgan fingerprint density at radius 1 is 1.53 bits per heavy atom. The Bertz CT molecular complexity index is 419. The predicted molar refractivity (Wildman–Crippen MR) is 56.9 cm³/mol. The molecule has 0 spiro atoms.